The molecule has 2 aliphatic rings. The van der Waals surface area contributed by atoms with Gasteiger partial charge in [0.1, 0.15) is 11.9 Å². The summed E-state index contributed by atoms with van der Waals surface area (Å²) in [4.78, 5) is 37.2. The van der Waals surface area contributed by atoms with Gasteiger partial charge in [-0.2, -0.15) is 4.98 Å². The molecule has 3 aromatic rings. The van der Waals surface area contributed by atoms with Crippen LogP contribution in [0.25, 0.3) is 10.9 Å². The van der Waals surface area contributed by atoms with Crippen LogP contribution < -0.4 is 11.0 Å². The Morgan fingerprint density at radius 1 is 1.12 bits per heavy atom. The van der Waals surface area contributed by atoms with Crippen molar-refractivity contribution in [3.63, 3.8) is 0 Å². The lowest BCUT2D eigenvalue weighted by atomic mass is 9.81. The minimum Gasteiger partial charge on any atom is -0.358 e. The van der Waals surface area contributed by atoms with Gasteiger partial charge in [0.25, 0.3) is 0 Å². The van der Waals surface area contributed by atoms with E-state index in [-0.39, 0.29) is 29.7 Å². The van der Waals surface area contributed by atoms with Crippen LogP contribution in [0.5, 0.6) is 0 Å². The number of amides is 1. The van der Waals surface area contributed by atoms with Crippen LogP contribution in [0.1, 0.15) is 39.5 Å². The highest BCUT2D eigenvalue weighted by atomic mass is 35.5. The quantitative estimate of drug-likeness (QED) is 0.411. The van der Waals surface area contributed by atoms with Crippen molar-refractivity contribution in [3.8, 4) is 0 Å². The third kappa shape index (κ3) is 5.89. The van der Waals surface area contributed by atoms with E-state index < -0.39 is 21.6 Å². The molecule has 1 amide bonds. The number of aromatic nitrogens is 2. The van der Waals surface area contributed by atoms with Gasteiger partial charge in [-0.3, -0.25) is 4.79 Å². The number of sulfone groups is 1. The van der Waals surface area contributed by atoms with E-state index in [0.717, 1.165) is 12.8 Å². The van der Waals surface area contributed by atoms with Crippen LogP contribution in [0.2, 0.25) is 5.02 Å². The summed E-state index contributed by atoms with van der Waals surface area (Å²) in [5, 5.41) is 4.32. The van der Waals surface area contributed by atoms with Gasteiger partial charge in [-0.15, -0.1) is 0 Å². The van der Waals surface area contributed by atoms with Gasteiger partial charge < -0.3 is 20.1 Å². The average Bonchev–Trinajstić information content (AvgIpc) is 3.28. The molecule has 2 heterocycles. The van der Waals surface area contributed by atoms with Gasteiger partial charge in [-0.05, 0) is 82.8 Å². The van der Waals surface area contributed by atoms with Crippen LogP contribution in [-0.2, 0) is 14.6 Å². The van der Waals surface area contributed by atoms with E-state index in [2.05, 4.69) is 41.1 Å². The van der Waals surface area contributed by atoms with Gasteiger partial charge in [0, 0.05) is 35.1 Å². The average molecular weight is 586 g/mol. The summed E-state index contributed by atoms with van der Waals surface area (Å²) in [6.07, 6.45) is 2.85. The van der Waals surface area contributed by atoms with Crippen molar-refractivity contribution in [1.82, 2.24) is 19.8 Å². The highest BCUT2D eigenvalue weighted by Gasteiger charge is 2.44. The number of hydrogen-bond donors (Lipinski definition) is 2. The standard InChI is InChI=1S/C29H36ClN5O4S/c1-18(2)34(3)21-10-12-26(19(15-21)17-40(38,39)22-7-5-4-6-8-22)35-14-13-25(28(35)36)31-27-23-16-20(30)9-11-24(23)32-29(37)33-27/h4-9,11,16,18-19,21,25-26H,10,12-15,17H2,1-3H3,(H2,31,32,33,37)/t19-,21+,25-,26-/m0/s1. The molecule has 214 valence electrons. The molecule has 1 aliphatic carbocycles. The van der Waals surface area contributed by atoms with E-state index in [9.17, 15) is 18.0 Å². The first-order chi connectivity index (χ1) is 19.0. The molecule has 0 unspecified atom stereocenters. The second-order valence-corrected chi connectivity index (χ2v) is 13.7. The van der Waals surface area contributed by atoms with Gasteiger partial charge in [-0.1, -0.05) is 29.8 Å². The van der Waals surface area contributed by atoms with Gasteiger partial charge in [0.05, 0.1) is 16.2 Å². The molecule has 9 nitrogen and oxygen atoms in total. The predicted molar refractivity (Wildman–Crippen MR) is 157 cm³/mol. The fourth-order valence-electron chi connectivity index (χ4n) is 6.18. The number of nitrogens with zero attached hydrogens (tertiary/aromatic N) is 3. The van der Waals surface area contributed by atoms with E-state index in [1.165, 1.54) is 0 Å². The van der Waals surface area contributed by atoms with Crippen LogP contribution in [0.4, 0.5) is 5.82 Å². The summed E-state index contributed by atoms with van der Waals surface area (Å²) in [6.45, 7) is 4.79. The molecule has 5 rings (SSSR count). The van der Waals surface area contributed by atoms with Crippen LogP contribution >= 0.6 is 11.6 Å². The predicted octanol–water partition coefficient (Wildman–Crippen LogP) is 3.94. The second-order valence-electron chi connectivity index (χ2n) is 11.2. The first-order valence-electron chi connectivity index (χ1n) is 13.8. The molecular formula is C29H36ClN5O4S. The molecule has 1 aliphatic heterocycles. The molecule has 1 saturated heterocycles. The van der Waals surface area contributed by atoms with Crippen LogP contribution in [0.3, 0.4) is 0 Å². The zero-order valence-electron chi connectivity index (χ0n) is 23.0. The van der Waals surface area contributed by atoms with E-state index in [1.807, 2.05) is 4.90 Å². The number of carbonyl (C=O) groups is 1. The first kappa shape index (κ1) is 28.6. The third-order valence-corrected chi connectivity index (χ3v) is 10.6. The second kappa shape index (κ2) is 11.5. The summed E-state index contributed by atoms with van der Waals surface area (Å²) in [7, 11) is -1.45. The Hall–Kier alpha value is -2.95. The van der Waals surface area contributed by atoms with Crippen molar-refractivity contribution in [3.05, 3.63) is 64.0 Å². The number of anilines is 1. The van der Waals surface area contributed by atoms with Crippen molar-refractivity contribution in [2.75, 3.05) is 24.7 Å². The topological polar surface area (TPSA) is 115 Å². The third-order valence-electron chi connectivity index (χ3n) is 8.48. The Kier molecular flexibility index (Phi) is 8.22. The number of benzene rings is 2. The number of H-pyrrole nitrogens is 1. The fraction of sp³-hybridized carbons (Fsp3) is 0.483. The van der Waals surface area contributed by atoms with E-state index >= 15 is 0 Å². The highest BCUT2D eigenvalue weighted by Crippen LogP contribution is 2.36. The van der Waals surface area contributed by atoms with Crippen molar-refractivity contribution >= 4 is 44.1 Å². The van der Waals surface area contributed by atoms with Crippen LogP contribution in [0.15, 0.2) is 58.2 Å². The first-order valence-corrected chi connectivity index (χ1v) is 15.8. The molecule has 11 heteroatoms. The summed E-state index contributed by atoms with van der Waals surface area (Å²) in [6, 6.07) is 13.5. The SMILES string of the molecule is CC(C)N(C)[C@@H]1CC[C@H](N2CC[C@H](Nc3nc(=O)[nH]c4ccc(Cl)cc34)C2=O)[C@H](CS(=O)(=O)c2ccccc2)C1. The molecule has 40 heavy (non-hydrogen) atoms. The molecule has 2 fully saturated rings. The molecule has 1 saturated carbocycles. The Morgan fingerprint density at radius 2 is 1.88 bits per heavy atom. The zero-order chi connectivity index (χ0) is 28.6. The van der Waals surface area contributed by atoms with Crippen molar-refractivity contribution in [1.29, 1.82) is 0 Å². The smallest absolute Gasteiger partial charge is 0.347 e. The lowest BCUT2D eigenvalue weighted by Gasteiger charge is -2.44. The summed E-state index contributed by atoms with van der Waals surface area (Å²) in [5.74, 6) is 0.00206. The van der Waals surface area contributed by atoms with Crippen molar-refractivity contribution in [2.24, 2.45) is 5.92 Å². The van der Waals surface area contributed by atoms with E-state index in [4.69, 9.17) is 11.6 Å². The largest absolute Gasteiger partial charge is 0.358 e. The number of rotatable bonds is 8. The molecule has 0 radical (unpaired) electrons. The molecule has 0 spiro atoms. The number of halogens is 1. The molecule has 0 bridgehead atoms. The monoisotopic (exact) mass is 585 g/mol. The highest BCUT2D eigenvalue weighted by molar-refractivity contribution is 7.91. The van der Waals surface area contributed by atoms with Crippen molar-refractivity contribution in [2.45, 2.75) is 68.6 Å². The zero-order valence-corrected chi connectivity index (χ0v) is 24.6. The number of fused-ring (bicyclic) bond motifs is 1. The lowest BCUT2D eigenvalue weighted by molar-refractivity contribution is -0.132. The molecule has 4 atom stereocenters. The Bertz CT molecular complexity index is 1550. The minimum atomic E-state index is -3.54. The lowest BCUT2D eigenvalue weighted by Crippen LogP contribution is -2.52. The van der Waals surface area contributed by atoms with Crippen LogP contribution in [-0.4, -0.2) is 77.6 Å². The normalized spacial score (nSPS) is 23.9. The van der Waals surface area contributed by atoms with Crippen LogP contribution in [0, 0.1) is 5.92 Å². The van der Waals surface area contributed by atoms with E-state index in [0.29, 0.717) is 52.1 Å². The number of likely N-dealkylation sites (tertiary alicyclic amines) is 1. The van der Waals surface area contributed by atoms with Gasteiger partial charge in [0.2, 0.25) is 5.91 Å². The van der Waals surface area contributed by atoms with Gasteiger partial charge in [-0.25, -0.2) is 13.2 Å². The molecule has 2 aromatic carbocycles. The number of hydrogen-bond acceptors (Lipinski definition) is 7. The molecule has 2 N–H and O–H groups in total. The molecular weight excluding hydrogens is 550 g/mol. The summed E-state index contributed by atoms with van der Waals surface area (Å²) >= 11 is 6.19. The van der Waals surface area contributed by atoms with Crippen molar-refractivity contribution < 1.29 is 13.2 Å². The Morgan fingerprint density at radius 3 is 2.60 bits per heavy atom. The molecule has 1 aromatic heterocycles. The maximum atomic E-state index is 13.8. The Labute approximate surface area is 239 Å². The maximum Gasteiger partial charge on any atom is 0.347 e. The van der Waals surface area contributed by atoms with Gasteiger partial charge in [0.15, 0.2) is 9.84 Å². The van der Waals surface area contributed by atoms with E-state index in [1.54, 1.807) is 48.5 Å². The van der Waals surface area contributed by atoms with Gasteiger partial charge >= 0.3 is 5.69 Å². The minimum absolute atomic E-state index is 0.00918. The summed E-state index contributed by atoms with van der Waals surface area (Å²) in [5.41, 5.74) is 0.0615. The number of aromatic amines is 1. The number of carbonyl (C=O) groups excluding carboxylic acids is 1. The Balaban J connectivity index is 1.39. The summed E-state index contributed by atoms with van der Waals surface area (Å²) < 4.78 is 26.9. The maximum absolute atomic E-state index is 13.8. The number of nitrogens with one attached hydrogen (secondary N) is 2. The fourth-order valence-corrected chi connectivity index (χ4v) is 8.03.